The van der Waals surface area contributed by atoms with Gasteiger partial charge < -0.3 is 14.9 Å². The predicted octanol–water partition coefficient (Wildman–Crippen LogP) is 3.80. The molecule has 0 aliphatic heterocycles. The lowest BCUT2D eigenvalue weighted by atomic mass is 10.0. The fourth-order valence-corrected chi connectivity index (χ4v) is 3.80. The number of hydrogen-bond acceptors (Lipinski definition) is 8. The summed E-state index contributed by atoms with van der Waals surface area (Å²) < 4.78 is 11.7. The summed E-state index contributed by atoms with van der Waals surface area (Å²) in [7, 11) is 0. The van der Waals surface area contributed by atoms with Crippen molar-refractivity contribution in [1.82, 2.24) is 20.6 Å². The number of aryl methyl sites for hydroxylation is 1. The number of rotatable bonds is 8. The molecule has 0 unspecified atom stereocenters. The van der Waals surface area contributed by atoms with Gasteiger partial charge in [0.2, 0.25) is 17.0 Å². The van der Waals surface area contributed by atoms with Crippen molar-refractivity contribution in [2.24, 2.45) is 0 Å². The summed E-state index contributed by atoms with van der Waals surface area (Å²) in [4.78, 5) is 26.1. The number of carbonyl (C=O) groups excluding carboxylic acids is 1. The molecule has 9 heteroatoms. The van der Waals surface area contributed by atoms with E-state index in [1.54, 1.807) is 42.5 Å². The molecule has 0 aliphatic carbocycles. The predicted molar refractivity (Wildman–Crippen MR) is 130 cm³/mol. The number of carbonyl (C=O) groups is 1. The number of para-hydroxylation sites is 1. The van der Waals surface area contributed by atoms with Crippen molar-refractivity contribution in [3.05, 3.63) is 99.7 Å². The molecule has 0 bridgehead atoms. The number of ketones is 1. The molecule has 5 aromatic rings. The summed E-state index contributed by atoms with van der Waals surface area (Å²) in [5.74, 6) is 0.345. The van der Waals surface area contributed by atoms with Crippen molar-refractivity contribution in [2.75, 3.05) is 12.3 Å². The van der Waals surface area contributed by atoms with Gasteiger partial charge >= 0.3 is 0 Å². The molecule has 0 spiro atoms. The first-order valence-electron chi connectivity index (χ1n) is 11.0. The number of nitrogen functional groups attached to an aromatic ring is 1. The summed E-state index contributed by atoms with van der Waals surface area (Å²) in [5, 5.41) is 13.6. The molecule has 174 valence electrons. The van der Waals surface area contributed by atoms with Crippen LogP contribution in [0.25, 0.3) is 22.6 Å². The molecule has 3 aromatic carbocycles. The van der Waals surface area contributed by atoms with E-state index in [1.807, 2.05) is 18.2 Å². The van der Waals surface area contributed by atoms with Crippen LogP contribution in [0.3, 0.4) is 0 Å². The van der Waals surface area contributed by atoms with Crippen LogP contribution in [0.15, 0.2) is 82.0 Å². The van der Waals surface area contributed by atoms with E-state index in [2.05, 4.69) is 32.8 Å². The highest BCUT2D eigenvalue weighted by Gasteiger charge is 2.21. The lowest BCUT2D eigenvalue weighted by Gasteiger charge is -2.09. The number of H-pyrrole nitrogens is 1. The summed E-state index contributed by atoms with van der Waals surface area (Å²) in [5.41, 5.74) is 7.35. The van der Waals surface area contributed by atoms with Gasteiger partial charge in [-0.2, -0.15) is 5.21 Å². The van der Waals surface area contributed by atoms with Crippen molar-refractivity contribution in [2.45, 2.75) is 12.8 Å². The molecule has 0 saturated heterocycles. The molecule has 0 aliphatic rings. The summed E-state index contributed by atoms with van der Waals surface area (Å²) in [6, 6.07) is 21.9. The van der Waals surface area contributed by atoms with Crippen LogP contribution in [-0.2, 0) is 6.42 Å². The van der Waals surface area contributed by atoms with Gasteiger partial charge in [0.1, 0.15) is 17.0 Å². The summed E-state index contributed by atoms with van der Waals surface area (Å²) in [6.45, 7) is 0.566. The van der Waals surface area contributed by atoms with Crippen LogP contribution in [0.2, 0.25) is 0 Å². The van der Waals surface area contributed by atoms with Crippen molar-refractivity contribution in [1.29, 1.82) is 0 Å². The highest BCUT2D eigenvalue weighted by atomic mass is 16.5. The van der Waals surface area contributed by atoms with Crippen LogP contribution in [0.5, 0.6) is 5.75 Å². The van der Waals surface area contributed by atoms with Crippen molar-refractivity contribution in [3.8, 4) is 17.3 Å². The number of nitrogens with one attached hydrogen (secondary N) is 1. The van der Waals surface area contributed by atoms with Gasteiger partial charge in [0, 0.05) is 5.56 Å². The van der Waals surface area contributed by atoms with Gasteiger partial charge in [-0.3, -0.25) is 9.59 Å². The number of aromatic amines is 1. The zero-order valence-corrected chi connectivity index (χ0v) is 18.6. The van der Waals surface area contributed by atoms with Crippen LogP contribution in [0.4, 0.5) is 5.69 Å². The van der Waals surface area contributed by atoms with Gasteiger partial charge in [-0.1, -0.05) is 36.4 Å². The van der Waals surface area contributed by atoms with E-state index in [4.69, 9.17) is 14.9 Å². The number of nitrogens with zero attached hydrogens (tertiary/aromatic N) is 3. The molecule has 9 nitrogen and oxygen atoms in total. The Bertz CT molecular complexity index is 1530. The Morgan fingerprint density at radius 2 is 1.80 bits per heavy atom. The van der Waals surface area contributed by atoms with Gasteiger partial charge in [0.15, 0.2) is 5.78 Å². The smallest absolute Gasteiger partial charge is 0.242 e. The molecule has 0 atom stereocenters. The third-order valence-corrected chi connectivity index (χ3v) is 5.58. The summed E-state index contributed by atoms with van der Waals surface area (Å²) >= 11 is 0. The second-order valence-electron chi connectivity index (χ2n) is 7.88. The average Bonchev–Trinajstić information content (AvgIpc) is 3.44. The Balaban J connectivity index is 1.36. The summed E-state index contributed by atoms with van der Waals surface area (Å²) in [6.07, 6.45) is 1.81. The van der Waals surface area contributed by atoms with Crippen molar-refractivity contribution in [3.63, 3.8) is 0 Å². The van der Waals surface area contributed by atoms with E-state index in [0.29, 0.717) is 17.9 Å². The number of tetrazole rings is 1. The monoisotopic (exact) mass is 467 g/mol. The molecule has 0 fully saturated rings. The van der Waals surface area contributed by atoms with Crippen LogP contribution < -0.4 is 15.9 Å². The van der Waals surface area contributed by atoms with Gasteiger partial charge in [-0.25, -0.2) is 0 Å². The molecule has 3 N–H and O–H groups in total. The van der Waals surface area contributed by atoms with Gasteiger partial charge in [-0.05, 0) is 60.0 Å². The first kappa shape index (κ1) is 22.0. The van der Waals surface area contributed by atoms with E-state index in [-0.39, 0.29) is 39.6 Å². The maximum absolute atomic E-state index is 13.3. The molecule has 35 heavy (non-hydrogen) atoms. The molecule has 0 amide bonds. The van der Waals surface area contributed by atoms with Crippen LogP contribution in [-0.4, -0.2) is 33.0 Å². The first-order valence-corrected chi connectivity index (χ1v) is 11.0. The fraction of sp³-hybridized carbons (Fsp3) is 0.115. The quantitative estimate of drug-likeness (QED) is 0.260. The number of ether oxygens (including phenoxy) is 1. The topological polar surface area (TPSA) is 137 Å². The number of hydrogen-bond donors (Lipinski definition) is 2. The highest BCUT2D eigenvalue weighted by Crippen LogP contribution is 2.28. The Hall–Kier alpha value is -4.79. The van der Waals surface area contributed by atoms with Gasteiger partial charge in [0.25, 0.3) is 0 Å². The van der Waals surface area contributed by atoms with E-state index >= 15 is 0 Å². The van der Waals surface area contributed by atoms with E-state index in [1.165, 1.54) is 5.56 Å². The second-order valence-corrected chi connectivity index (χ2v) is 7.88. The molecule has 2 aromatic heterocycles. The maximum atomic E-state index is 13.3. The second kappa shape index (κ2) is 9.60. The zero-order valence-electron chi connectivity index (χ0n) is 18.6. The lowest BCUT2D eigenvalue weighted by Crippen LogP contribution is -2.12. The number of fused-ring (bicyclic) bond motifs is 1. The Labute approximate surface area is 199 Å². The largest absolute Gasteiger partial charge is 0.494 e. The first-order chi connectivity index (χ1) is 17.1. The molecule has 0 saturated carbocycles. The van der Waals surface area contributed by atoms with E-state index in [9.17, 15) is 9.59 Å². The number of aromatic nitrogens is 4. The molecular weight excluding hydrogens is 446 g/mol. The zero-order chi connectivity index (χ0) is 24.2. The minimum Gasteiger partial charge on any atom is -0.494 e. The molecule has 2 heterocycles. The molecule has 5 rings (SSSR count). The minimum absolute atomic E-state index is 0.0255. The third-order valence-electron chi connectivity index (χ3n) is 5.58. The third kappa shape index (κ3) is 4.51. The van der Waals surface area contributed by atoms with Crippen LogP contribution >= 0.6 is 0 Å². The lowest BCUT2D eigenvalue weighted by molar-refractivity contribution is 0.103. The maximum Gasteiger partial charge on any atom is 0.242 e. The Morgan fingerprint density at radius 3 is 2.54 bits per heavy atom. The van der Waals surface area contributed by atoms with Crippen molar-refractivity contribution < 1.29 is 13.9 Å². The number of nitrogens with two attached hydrogens (primary N) is 1. The SMILES string of the molecule is Nc1c(-c2nn[nH]n2)oc2c(C(=O)c3ccc(OCCCc4ccccc4)cc3)cccc2c1=O. The van der Waals surface area contributed by atoms with Crippen LogP contribution in [0.1, 0.15) is 27.9 Å². The Kier molecular flexibility index (Phi) is 6.04. The Morgan fingerprint density at radius 1 is 1.00 bits per heavy atom. The number of anilines is 1. The average molecular weight is 467 g/mol. The highest BCUT2D eigenvalue weighted by molar-refractivity contribution is 6.15. The van der Waals surface area contributed by atoms with Crippen molar-refractivity contribution >= 4 is 22.4 Å². The van der Waals surface area contributed by atoms with E-state index < -0.39 is 5.43 Å². The van der Waals surface area contributed by atoms with Gasteiger partial charge in [0.05, 0.1) is 17.6 Å². The molecular formula is C26H21N5O4. The fourth-order valence-electron chi connectivity index (χ4n) is 3.80. The van der Waals surface area contributed by atoms with E-state index in [0.717, 1.165) is 12.8 Å². The van der Waals surface area contributed by atoms with Gasteiger partial charge in [-0.15, -0.1) is 10.2 Å². The number of benzene rings is 3. The normalized spacial score (nSPS) is 11.0. The molecule has 0 radical (unpaired) electrons. The standard InChI is InChI=1S/C26H21N5O4/c27-21-23(33)20-10-4-9-19(24(20)35-25(21)26-28-30-31-29-26)22(32)17-11-13-18(14-12-17)34-15-5-8-16-6-2-1-3-7-16/h1-4,6-7,9-14H,5,8,15,27H2,(H,28,29,30,31). The van der Waals surface area contributed by atoms with Crippen LogP contribution in [0, 0.1) is 0 Å². The minimum atomic E-state index is -0.472.